The van der Waals surface area contributed by atoms with E-state index < -0.39 is 0 Å². The number of aryl methyl sites for hydroxylation is 1. The quantitative estimate of drug-likeness (QED) is 0.177. The number of rotatable bonds is 4. The number of aromatic nitrogens is 6. The highest BCUT2D eigenvalue weighted by Gasteiger charge is 2.43. The van der Waals surface area contributed by atoms with Crippen LogP contribution in [0.15, 0.2) is 140 Å². The molecule has 0 unspecified atom stereocenters. The fourth-order valence-corrected chi connectivity index (χ4v) is 9.29. The lowest BCUT2D eigenvalue weighted by atomic mass is 9.79. The molecule has 0 radical (unpaired) electrons. The molecule has 2 aliphatic rings. The zero-order chi connectivity index (χ0) is 41.3. The Bertz CT molecular complexity index is 3170. The van der Waals surface area contributed by atoms with Gasteiger partial charge in [-0.05, 0) is 98.2 Å². The predicted molar refractivity (Wildman–Crippen MR) is 246 cm³/mol. The van der Waals surface area contributed by atoms with E-state index in [0.29, 0.717) is 23.2 Å². The zero-order valence-electron chi connectivity index (χ0n) is 35.2. The molecule has 292 valence electrons. The second-order valence-electron chi connectivity index (χ2n) is 17.2. The molecule has 9 aromatic rings. The van der Waals surface area contributed by atoms with Crippen LogP contribution in [-0.2, 0) is 10.8 Å². The van der Waals surface area contributed by atoms with E-state index in [1.54, 1.807) is 0 Å². The molecule has 0 amide bonds. The Hall–Kier alpha value is -6.92. The van der Waals surface area contributed by atoms with Crippen LogP contribution in [-0.4, -0.2) is 29.9 Å². The molecule has 0 atom stereocenters. The van der Waals surface area contributed by atoms with E-state index in [0.717, 1.165) is 55.7 Å². The van der Waals surface area contributed by atoms with Crippen molar-refractivity contribution in [3.63, 3.8) is 0 Å². The molecule has 0 aliphatic heterocycles. The lowest BCUT2D eigenvalue weighted by Gasteiger charge is -2.24. The van der Waals surface area contributed by atoms with Crippen LogP contribution in [0.1, 0.15) is 75.9 Å². The third-order valence-electron chi connectivity index (χ3n) is 12.3. The summed E-state index contributed by atoms with van der Waals surface area (Å²) < 4.78 is 0. The van der Waals surface area contributed by atoms with Gasteiger partial charge >= 0.3 is 0 Å². The lowest BCUT2D eigenvalue weighted by Crippen LogP contribution is -2.17. The Kier molecular flexibility index (Phi) is 8.79. The molecule has 6 nitrogen and oxygen atoms in total. The molecule has 4 aromatic heterocycles. The van der Waals surface area contributed by atoms with E-state index in [1.807, 2.05) is 25.4 Å². The van der Waals surface area contributed by atoms with Gasteiger partial charge in [-0.3, -0.25) is 9.97 Å². The number of nitrogens with zero attached hydrogens (tertiary/aromatic N) is 6. The molecule has 4 heterocycles. The van der Waals surface area contributed by atoms with Gasteiger partial charge in [0.05, 0.1) is 11.4 Å². The first-order chi connectivity index (χ1) is 29.1. The maximum absolute atomic E-state index is 5.21. The molecule has 60 heavy (non-hydrogen) atoms. The van der Waals surface area contributed by atoms with Gasteiger partial charge in [0.25, 0.3) is 0 Å². The zero-order valence-corrected chi connectivity index (χ0v) is 35.2. The predicted octanol–water partition coefficient (Wildman–Crippen LogP) is 13.4. The average Bonchev–Trinajstić information content (AvgIpc) is 3.63. The summed E-state index contributed by atoms with van der Waals surface area (Å²) >= 11 is 0. The molecule has 0 saturated heterocycles. The van der Waals surface area contributed by atoms with Crippen molar-refractivity contribution in [1.82, 2.24) is 29.9 Å². The minimum Gasteiger partial charge on any atom is -0.256 e. The van der Waals surface area contributed by atoms with Crippen molar-refractivity contribution in [2.45, 2.75) is 65.7 Å². The van der Waals surface area contributed by atoms with Crippen LogP contribution < -0.4 is 0 Å². The standard InChI is InChI=1S/C51H38N6.C3H8/c1-29-23-32(36-19-10-15-30-13-6-8-17-34(30)36)25-44(54-29)49-56-47(55-48(57-49)37-20-11-16-31-14-7-9-18-35(31)37)33-24-43-46(53-28-33)39-27-41-38(26-42(39)51(43,4)5)45-40(50(41,2)3)21-12-22-52-45;1-3-2/h6-28H,1-5H3;3H2,1-2H3. The summed E-state index contributed by atoms with van der Waals surface area (Å²) in [7, 11) is 0. The van der Waals surface area contributed by atoms with Crippen LogP contribution >= 0.6 is 0 Å². The van der Waals surface area contributed by atoms with E-state index >= 15 is 0 Å². The maximum Gasteiger partial charge on any atom is 0.182 e. The van der Waals surface area contributed by atoms with Crippen molar-refractivity contribution in [3.05, 3.63) is 168 Å². The number of fused-ring (bicyclic) bond motifs is 8. The maximum atomic E-state index is 5.21. The average molecular weight is 779 g/mol. The lowest BCUT2D eigenvalue weighted by molar-refractivity contribution is 0.651. The van der Waals surface area contributed by atoms with E-state index in [9.17, 15) is 0 Å². The first kappa shape index (κ1) is 37.4. The highest BCUT2D eigenvalue weighted by Crippen LogP contribution is 2.55. The molecule has 0 fully saturated rings. The Morgan fingerprint density at radius 3 is 1.72 bits per heavy atom. The van der Waals surface area contributed by atoms with Crippen molar-refractivity contribution in [1.29, 1.82) is 0 Å². The van der Waals surface area contributed by atoms with Crippen molar-refractivity contribution >= 4 is 21.5 Å². The second-order valence-corrected chi connectivity index (χ2v) is 17.2. The van der Waals surface area contributed by atoms with E-state index in [1.165, 1.54) is 45.0 Å². The largest absolute Gasteiger partial charge is 0.256 e. The van der Waals surface area contributed by atoms with Crippen LogP contribution in [0.4, 0.5) is 0 Å². The van der Waals surface area contributed by atoms with Crippen molar-refractivity contribution in [2.75, 3.05) is 0 Å². The van der Waals surface area contributed by atoms with Crippen LogP contribution in [0.5, 0.6) is 0 Å². The molecule has 0 spiro atoms. The summed E-state index contributed by atoms with van der Waals surface area (Å²) in [5.74, 6) is 1.66. The van der Waals surface area contributed by atoms with Crippen molar-refractivity contribution in [2.24, 2.45) is 0 Å². The highest BCUT2D eigenvalue weighted by molar-refractivity contribution is 5.98. The molecule has 0 bridgehead atoms. The van der Waals surface area contributed by atoms with Gasteiger partial charge in [-0.2, -0.15) is 0 Å². The summed E-state index contributed by atoms with van der Waals surface area (Å²) in [4.78, 5) is 30.7. The Labute approximate surface area is 351 Å². The van der Waals surface area contributed by atoms with Gasteiger partial charge in [-0.15, -0.1) is 0 Å². The summed E-state index contributed by atoms with van der Waals surface area (Å²) in [6.45, 7) is 15.5. The first-order valence-electron chi connectivity index (χ1n) is 20.9. The third-order valence-corrected chi connectivity index (χ3v) is 12.3. The van der Waals surface area contributed by atoms with Crippen LogP contribution in [0, 0.1) is 6.92 Å². The van der Waals surface area contributed by atoms with Gasteiger partial charge in [0.1, 0.15) is 5.69 Å². The second kappa shape index (κ2) is 14.1. The third kappa shape index (κ3) is 5.92. The molecule has 0 N–H and O–H groups in total. The van der Waals surface area contributed by atoms with Gasteiger partial charge < -0.3 is 0 Å². The number of pyridine rings is 3. The molecule has 5 aromatic carbocycles. The van der Waals surface area contributed by atoms with Gasteiger partial charge in [0, 0.05) is 51.2 Å². The molecule has 11 rings (SSSR count). The van der Waals surface area contributed by atoms with Crippen LogP contribution in [0.3, 0.4) is 0 Å². The van der Waals surface area contributed by atoms with Crippen molar-refractivity contribution in [3.8, 4) is 67.9 Å². The minimum absolute atomic E-state index is 0.155. The Morgan fingerprint density at radius 2 is 1.02 bits per heavy atom. The summed E-state index contributed by atoms with van der Waals surface area (Å²) in [5, 5.41) is 4.58. The number of hydrogen-bond donors (Lipinski definition) is 0. The Morgan fingerprint density at radius 1 is 0.450 bits per heavy atom. The van der Waals surface area contributed by atoms with Crippen LogP contribution in [0.2, 0.25) is 0 Å². The van der Waals surface area contributed by atoms with E-state index in [2.05, 4.69) is 163 Å². The number of hydrogen-bond acceptors (Lipinski definition) is 6. The first-order valence-corrected chi connectivity index (χ1v) is 20.9. The molecular weight excluding hydrogens is 733 g/mol. The van der Waals surface area contributed by atoms with Gasteiger partial charge in [0.2, 0.25) is 0 Å². The number of benzene rings is 5. The minimum atomic E-state index is -0.315. The van der Waals surface area contributed by atoms with Crippen molar-refractivity contribution < 1.29 is 0 Å². The van der Waals surface area contributed by atoms with Gasteiger partial charge in [-0.25, -0.2) is 19.9 Å². The van der Waals surface area contributed by atoms with Crippen LogP contribution in [0.25, 0.3) is 89.5 Å². The molecular formula is C54H46N6. The fourth-order valence-electron chi connectivity index (χ4n) is 9.29. The van der Waals surface area contributed by atoms with Gasteiger partial charge in [0.15, 0.2) is 17.5 Å². The van der Waals surface area contributed by atoms with E-state index in [4.69, 9.17) is 29.9 Å². The summed E-state index contributed by atoms with van der Waals surface area (Å²) in [5.41, 5.74) is 14.5. The van der Waals surface area contributed by atoms with Gasteiger partial charge in [-0.1, -0.05) is 139 Å². The van der Waals surface area contributed by atoms with E-state index in [-0.39, 0.29) is 10.8 Å². The molecule has 6 heteroatoms. The topological polar surface area (TPSA) is 77.3 Å². The summed E-state index contributed by atoms with van der Waals surface area (Å²) in [6, 6.07) is 45.0. The fraction of sp³-hybridized carbons (Fsp3) is 0.185. The Balaban J connectivity index is 0.00000140. The smallest absolute Gasteiger partial charge is 0.182 e. The summed E-state index contributed by atoms with van der Waals surface area (Å²) in [6.07, 6.45) is 5.08. The monoisotopic (exact) mass is 778 g/mol. The normalized spacial score (nSPS) is 13.9. The molecule has 2 aliphatic carbocycles. The molecule has 0 saturated carbocycles. The highest BCUT2D eigenvalue weighted by atomic mass is 15.0. The SMILES string of the molecule is CCC.Cc1cc(-c2cccc3ccccc23)cc(-c2nc(-c3cnc4c(c3)C(C)(C)c3cc5c(cc3-4)C(C)(C)c3cccnc3-5)nc(-c3cccc4ccccc34)n2)n1.